The van der Waals surface area contributed by atoms with Crippen molar-refractivity contribution >= 4 is 23.4 Å². The number of dihydropyridines is 1. The predicted octanol–water partition coefficient (Wildman–Crippen LogP) is 5.61. The molecule has 172 valence electrons. The van der Waals surface area contributed by atoms with Gasteiger partial charge in [0.05, 0.1) is 12.2 Å². The van der Waals surface area contributed by atoms with Crippen molar-refractivity contribution in [1.29, 1.82) is 0 Å². The zero-order chi connectivity index (χ0) is 23.7. The van der Waals surface area contributed by atoms with Crippen LogP contribution in [0.1, 0.15) is 56.6 Å². The van der Waals surface area contributed by atoms with Gasteiger partial charge in [0.25, 0.3) is 0 Å². The monoisotopic (exact) mass is 465 g/mol. The number of carbonyl (C=O) groups is 2. The largest absolute Gasteiger partial charge is 0.508 e. The summed E-state index contributed by atoms with van der Waals surface area (Å²) < 4.78 is 5.57. The number of hydrogen-bond acceptors (Lipinski definition) is 5. The first kappa shape index (κ1) is 23.1. The Morgan fingerprint density at radius 2 is 1.88 bits per heavy atom. The Kier molecular flexibility index (Phi) is 6.61. The van der Waals surface area contributed by atoms with Gasteiger partial charge >= 0.3 is 5.97 Å². The molecule has 0 saturated carbocycles. The van der Waals surface area contributed by atoms with Gasteiger partial charge in [-0.2, -0.15) is 0 Å². The lowest BCUT2D eigenvalue weighted by Crippen LogP contribution is -2.36. The van der Waals surface area contributed by atoms with Gasteiger partial charge in [-0.25, -0.2) is 4.79 Å². The van der Waals surface area contributed by atoms with Crippen LogP contribution in [0.15, 0.2) is 71.1 Å². The molecule has 0 radical (unpaired) electrons. The normalized spacial score (nSPS) is 20.6. The minimum absolute atomic E-state index is 0.0151. The van der Waals surface area contributed by atoms with E-state index >= 15 is 0 Å². The number of rotatable bonds is 5. The van der Waals surface area contributed by atoms with E-state index in [4.69, 9.17) is 16.3 Å². The molecular formula is C27H28ClNO4. The van der Waals surface area contributed by atoms with E-state index in [1.165, 1.54) is 0 Å². The maximum Gasteiger partial charge on any atom is 0.336 e. The van der Waals surface area contributed by atoms with Gasteiger partial charge in [-0.1, -0.05) is 49.7 Å². The molecule has 2 atom stereocenters. The fraction of sp³-hybridized carbons (Fsp3) is 0.333. The smallest absolute Gasteiger partial charge is 0.336 e. The molecule has 0 unspecified atom stereocenters. The Bertz CT molecular complexity index is 1150. The third kappa shape index (κ3) is 4.83. The Labute approximate surface area is 199 Å². The number of benzene rings is 2. The molecule has 5 nitrogen and oxygen atoms in total. The van der Waals surface area contributed by atoms with Crippen molar-refractivity contribution in [3.63, 3.8) is 0 Å². The quantitative estimate of drug-likeness (QED) is 0.561. The summed E-state index contributed by atoms with van der Waals surface area (Å²) in [5.41, 5.74) is 4.22. The van der Waals surface area contributed by atoms with E-state index in [2.05, 4.69) is 5.32 Å². The molecule has 1 heterocycles. The van der Waals surface area contributed by atoms with Crippen LogP contribution in [-0.2, 0) is 14.3 Å². The van der Waals surface area contributed by atoms with Crippen LogP contribution in [0.25, 0.3) is 0 Å². The van der Waals surface area contributed by atoms with Gasteiger partial charge in [-0.3, -0.25) is 4.79 Å². The van der Waals surface area contributed by atoms with Crippen LogP contribution in [0.2, 0.25) is 5.02 Å². The minimum Gasteiger partial charge on any atom is -0.508 e. The first-order valence-corrected chi connectivity index (χ1v) is 11.6. The van der Waals surface area contributed by atoms with Crippen LogP contribution in [0.5, 0.6) is 5.75 Å². The number of Topliss-reactive ketones (excluding diaryl/α,β-unsaturated/α-hetero) is 1. The number of hydrogen-bond donors (Lipinski definition) is 2. The second-order valence-corrected chi connectivity index (χ2v) is 9.59. The standard InChI is InChI=1S/C27H28ClNO4/c1-15(2)14-33-27(32)24-16(3)29-22-12-19(17-7-9-20(28)10-8-17)13-23(31)26(22)25(24)18-5-4-6-21(30)11-18/h4-11,15,19,25,29-30H,12-14H2,1-3H3/t19-,25-/m1/s1. The summed E-state index contributed by atoms with van der Waals surface area (Å²) in [6.07, 6.45) is 0.981. The van der Waals surface area contributed by atoms with Gasteiger partial charge in [-0.05, 0) is 60.6 Å². The molecule has 0 spiro atoms. The van der Waals surface area contributed by atoms with Crippen LogP contribution in [0.3, 0.4) is 0 Å². The molecule has 2 aromatic rings. The van der Waals surface area contributed by atoms with E-state index in [1.54, 1.807) is 18.2 Å². The number of halogens is 1. The summed E-state index contributed by atoms with van der Waals surface area (Å²) in [7, 11) is 0. The second kappa shape index (κ2) is 9.44. The van der Waals surface area contributed by atoms with Gasteiger partial charge in [0, 0.05) is 34.3 Å². The molecule has 0 bridgehead atoms. The highest BCUT2D eigenvalue weighted by Gasteiger charge is 2.41. The molecule has 1 aliphatic heterocycles. The molecule has 0 amide bonds. The van der Waals surface area contributed by atoms with E-state index in [1.807, 2.05) is 51.1 Å². The summed E-state index contributed by atoms with van der Waals surface area (Å²) in [5.74, 6) is -0.750. The Morgan fingerprint density at radius 1 is 1.15 bits per heavy atom. The van der Waals surface area contributed by atoms with Crippen LogP contribution in [0, 0.1) is 5.92 Å². The maximum absolute atomic E-state index is 13.5. The van der Waals surface area contributed by atoms with Gasteiger partial charge in [0.1, 0.15) is 5.75 Å². The zero-order valence-corrected chi connectivity index (χ0v) is 19.8. The van der Waals surface area contributed by atoms with Gasteiger partial charge in [0.2, 0.25) is 0 Å². The van der Waals surface area contributed by atoms with Crippen molar-refractivity contribution in [2.24, 2.45) is 5.92 Å². The number of aromatic hydroxyl groups is 1. The van der Waals surface area contributed by atoms with Gasteiger partial charge < -0.3 is 15.2 Å². The van der Waals surface area contributed by atoms with Crippen LogP contribution >= 0.6 is 11.6 Å². The Hall–Kier alpha value is -3.05. The summed E-state index contributed by atoms with van der Waals surface area (Å²) in [6.45, 7) is 6.08. The molecule has 2 aliphatic rings. The number of ether oxygens (including phenoxy) is 1. The number of nitrogens with one attached hydrogen (secondary N) is 1. The van der Waals surface area contributed by atoms with Crippen molar-refractivity contribution in [2.75, 3.05) is 6.61 Å². The lowest BCUT2D eigenvalue weighted by Gasteiger charge is -2.36. The van der Waals surface area contributed by atoms with E-state index in [-0.39, 0.29) is 23.4 Å². The highest BCUT2D eigenvalue weighted by atomic mass is 35.5. The van der Waals surface area contributed by atoms with E-state index in [9.17, 15) is 14.7 Å². The Balaban J connectivity index is 1.76. The van der Waals surface area contributed by atoms with E-state index < -0.39 is 11.9 Å². The molecule has 0 fully saturated rings. The van der Waals surface area contributed by atoms with E-state index in [0.29, 0.717) is 46.9 Å². The first-order valence-electron chi connectivity index (χ1n) is 11.2. The highest BCUT2D eigenvalue weighted by molar-refractivity contribution is 6.30. The van der Waals surface area contributed by atoms with Crippen molar-refractivity contribution in [3.05, 3.63) is 87.2 Å². The number of carbonyl (C=O) groups excluding carboxylic acids is 2. The van der Waals surface area contributed by atoms with Crippen molar-refractivity contribution < 1.29 is 19.4 Å². The predicted molar refractivity (Wildman–Crippen MR) is 128 cm³/mol. The number of allylic oxidation sites excluding steroid dienone is 3. The maximum atomic E-state index is 13.5. The van der Waals surface area contributed by atoms with Gasteiger partial charge in [-0.15, -0.1) is 0 Å². The van der Waals surface area contributed by atoms with Gasteiger partial charge in [0.15, 0.2) is 5.78 Å². The highest BCUT2D eigenvalue weighted by Crippen LogP contribution is 2.46. The van der Waals surface area contributed by atoms with Crippen LogP contribution in [-0.4, -0.2) is 23.5 Å². The fourth-order valence-electron chi connectivity index (χ4n) is 4.64. The molecule has 4 rings (SSSR count). The third-order valence-corrected chi connectivity index (χ3v) is 6.39. The van der Waals surface area contributed by atoms with Crippen LogP contribution < -0.4 is 5.32 Å². The molecule has 1 aliphatic carbocycles. The SMILES string of the molecule is CC1=C(C(=O)OCC(C)C)[C@@H](c2cccc(O)c2)C2=C(C[C@@H](c3ccc(Cl)cc3)CC2=O)N1. The molecule has 6 heteroatoms. The molecule has 0 aromatic heterocycles. The zero-order valence-electron chi connectivity index (χ0n) is 19.0. The molecular weight excluding hydrogens is 438 g/mol. The topological polar surface area (TPSA) is 75.6 Å². The summed E-state index contributed by atoms with van der Waals surface area (Å²) in [4.78, 5) is 26.7. The lowest BCUT2D eigenvalue weighted by molar-refractivity contribution is -0.140. The fourth-order valence-corrected chi connectivity index (χ4v) is 4.76. The average Bonchev–Trinajstić information content (AvgIpc) is 2.76. The lowest BCUT2D eigenvalue weighted by atomic mass is 9.71. The number of phenols is 1. The Morgan fingerprint density at radius 3 is 2.55 bits per heavy atom. The number of ketones is 1. The minimum atomic E-state index is -0.591. The number of phenolic OH excluding ortho intramolecular Hbond substituents is 1. The van der Waals surface area contributed by atoms with Crippen molar-refractivity contribution in [3.8, 4) is 5.75 Å². The molecule has 33 heavy (non-hydrogen) atoms. The first-order chi connectivity index (χ1) is 15.7. The average molecular weight is 466 g/mol. The second-order valence-electron chi connectivity index (χ2n) is 9.16. The molecule has 2 N–H and O–H groups in total. The summed E-state index contributed by atoms with van der Waals surface area (Å²) >= 11 is 6.04. The van der Waals surface area contributed by atoms with Crippen molar-refractivity contribution in [1.82, 2.24) is 5.32 Å². The van der Waals surface area contributed by atoms with Crippen LogP contribution in [0.4, 0.5) is 0 Å². The molecule has 2 aromatic carbocycles. The van der Waals surface area contributed by atoms with Crippen molar-refractivity contribution in [2.45, 2.75) is 45.4 Å². The third-order valence-electron chi connectivity index (χ3n) is 6.14. The molecule has 0 saturated heterocycles. The summed E-state index contributed by atoms with van der Waals surface area (Å²) in [6, 6.07) is 14.3. The summed E-state index contributed by atoms with van der Waals surface area (Å²) in [5, 5.41) is 14.1. The van der Waals surface area contributed by atoms with E-state index in [0.717, 1.165) is 11.3 Å². The number of esters is 1.